The number of ether oxygens (including phenoxy) is 1. The Morgan fingerprint density at radius 3 is 2.33 bits per heavy atom. The maximum Gasteiger partial charge on any atom is 0.144 e. The molecule has 4 heterocycles. The highest BCUT2D eigenvalue weighted by atomic mass is 16.5. The first-order chi connectivity index (χ1) is 21.3. The van der Waals surface area contributed by atoms with Gasteiger partial charge in [0.2, 0.25) is 0 Å². The number of aromatic nitrogens is 4. The van der Waals surface area contributed by atoms with Crippen molar-refractivity contribution in [2.24, 2.45) is 0 Å². The van der Waals surface area contributed by atoms with Crippen LogP contribution in [0.4, 0.5) is 11.4 Å². The Morgan fingerprint density at radius 2 is 1.40 bits per heavy atom. The average Bonchev–Trinajstić information content (AvgIpc) is 3.60. The van der Waals surface area contributed by atoms with E-state index in [0.717, 1.165) is 67.5 Å². The second kappa shape index (κ2) is 9.33. The molecule has 43 heavy (non-hydrogen) atoms. The lowest BCUT2D eigenvalue weighted by Gasteiger charge is -2.32. The number of imidazole rings is 1. The normalized spacial score (nSPS) is 12.5. The van der Waals surface area contributed by atoms with Gasteiger partial charge in [-0.15, -0.1) is 0 Å². The molecular formula is C37H25N5O. The van der Waals surface area contributed by atoms with E-state index in [1.54, 1.807) is 0 Å². The van der Waals surface area contributed by atoms with Crippen LogP contribution in [-0.2, 0) is 6.67 Å². The number of nitrogens with zero attached hydrogens (tertiary/aromatic N) is 5. The summed E-state index contributed by atoms with van der Waals surface area (Å²) in [7, 11) is 0. The van der Waals surface area contributed by atoms with Crippen LogP contribution in [0, 0.1) is 0 Å². The summed E-state index contributed by atoms with van der Waals surface area (Å²) in [5.41, 5.74) is 7.60. The number of fused-ring (bicyclic) bond motifs is 8. The Kier molecular flexibility index (Phi) is 5.16. The van der Waals surface area contributed by atoms with E-state index in [2.05, 4.69) is 116 Å². The minimum atomic E-state index is 0.659. The molecule has 0 saturated heterocycles. The van der Waals surface area contributed by atoms with E-state index < -0.39 is 0 Å². The van der Waals surface area contributed by atoms with Crippen molar-refractivity contribution in [3.8, 4) is 28.7 Å². The number of benzene rings is 5. The van der Waals surface area contributed by atoms with Crippen LogP contribution in [0.1, 0.15) is 0 Å². The molecule has 8 aromatic rings. The number of hydrogen-bond acceptors (Lipinski definition) is 4. The molecule has 0 saturated carbocycles. The summed E-state index contributed by atoms with van der Waals surface area (Å²) in [4.78, 5) is 12.0. The van der Waals surface area contributed by atoms with Crippen molar-refractivity contribution in [3.63, 3.8) is 0 Å². The van der Waals surface area contributed by atoms with E-state index in [1.165, 1.54) is 5.39 Å². The zero-order chi connectivity index (χ0) is 28.3. The Hall–Kier alpha value is -5.88. The molecule has 6 nitrogen and oxygen atoms in total. The van der Waals surface area contributed by atoms with Crippen LogP contribution in [0.2, 0.25) is 0 Å². The highest BCUT2D eigenvalue weighted by Crippen LogP contribution is 2.42. The van der Waals surface area contributed by atoms with Gasteiger partial charge in [0.15, 0.2) is 0 Å². The van der Waals surface area contributed by atoms with Crippen LogP contribution in [0.5, 0.6) is 11.5 Å². The monoisotopic (exact) mass is 555 g/mol. The Labute approximate surface area is 247 Å². The molecule has 6 heteroatoms. The van der Waals surface area contributed by atoms with Gasteiger partial charge < -0.3 is 14.2 Å². The summed E-state index contributed by atoms with van der Waals surface area (Å²) in [6, 6.07) is 45.8. The lowest BCUT2D eigenvalue weighted by molar-refractivity contribution is 0.483. The molecule has 0 radical (unpaired) electrons. The van der Waals surface area contributed by atoms with Crippen molar-refractivity contribution < 1.29 is 4.74 Å². The van der Waals surface area contributed by atoms with E-state index in [-0.39, 0.29) is 0 Å². The van der Waals surface area contributed by atoms with E-state index in [4.69, 9.17) is 9.72 Å². The van der Waals surface area contributed by atoms with Crippen LogP contribution in [-0.4, -0.2) is 19.1 Å². The van der Waals surface area contributed by atoms with Crippen LogP contribution in [0.25, 0.3) is 50.0 Å². The number of anilines is 2. The van der Waals surface area contributed by atoms with E-state index in [1.807, 2.05) is 42.6 Å². The van der Waals surface area contributed by atoms with E-state index in [9.17, 15) is 0 Å². The van der Waals surface area contributed by atoms with Crippen molar-refractivity contribution in [2.75, 3.05) is 4.90 Å². The molecule has 9 rings (SSSR count). The van der Waals surface area contributed by atoms with Crippen molar-refractivity contribution in [1.29, 1.82) is 0 Å². The predicted molar refractivity (Wildman–Crippen MR) is 172 cm³/mol. The quantitative estimate of drug-likeness (QED) is 0.217. The third kappa shape index (κ3) is 3.73. The largest absolute Gasteiger partial charge is 0.457 e. The summed E-state index contributed by atoms with van der Waals surface area (Å²) >= 11 is 0. The summed E-state index contributed by atoms with van der Waals surface area (Å²) in [5.74, 6) is 3.42. The first kappa shape index (κ1) is 23.8. The molecule has 5 aromatic carbocycles. The first-order valence-electron chi connectivity index (χ1n) is 14.4. The van der Waals surface area contributed by atoms with Gasteiger partial charge >= 0.3 is 0 Å². The van der Waals surface area contributed by atoms with Crippen LogP contribution in [0.3, 0.4) is 0 Å². The zero-order valence-corrected chi connectivity index (χ0v) is 23.1. The van der Waals surface area contributed by atoms with Gasteiger partial charge in [-0.1, -0.05) is 54.6 Å². The standard InChI is InChI=1S/C37H25N5O/c1-5-16-33-28(12-1)29-20-19-27(23-35(29)42(33)36-18-7-8-21-38-36)43-26-11-9-10-25(22-26)40-24-41-34-17-6-3-14-31(34)39-37(41)30-13-2-4-15-32(30)40/h1-23H,24H2. The third-order valence-electron chi connectivity index (χ3n) is 8.26. The molecule has 3 aromatic heterocycles. The fourth-order valence-corrected chi connectivity index (χ4v) is 6.36. The van der Waals surface area contributed by atoms with Gasteiger partial charge in [0.1, 0.15) is 29.8 Å². The number of pyridine rings is 1. The van der Waals surface area contributed by atoms with Crippen LogP contribution < -0.4 is 9.64 Å². The molecule has 0 spiro atoms. The topological polar surface area (TPSA) is 48.1 Å². The van der Waals surface area contributed by atoms with Gasteiger partial charge in [-0.3, -0.25) is 4.57 Å². The number of para-hydroxylation sites is 4. The Balaban J connectivity index is 1.12. The molecule has 0 bridgehead atoms. The molecule has 0 amide bonds. The smallest absolute Gasteiger partial charge is 0.144 e. The molecule has 1 aliphatic rings. The fraction of sp³-hybridized carbons (Fsp3) is 0.0270. The second-order valence-electron chi connectivity index (χ2n) is 10.8. The minimum Gasteiger partial charge on any atom is -0.457 e. The number of rotatable bonds is 4. The lowest BCUT2D eigenvalue weighted by Crippen LogP contribution is -2.26. The molecule has 0 unspecified atom stereocenters. The van der Waals surface area contributed by atoms with Crippen LogP contribution >= 0.6 is 0 Å². The van der Waals surface area contributed by atoms with Gasteiger partial charge in [0.05, 0.1) is 27.8 Å². The lowest BCUT2D eigenvalue weighted by atomic mass is 10.1. The number of hydrogen-bond donors (Lipinski definition) is 0. The maximum atomic E-state index is 6.54. The fourth-order valence-electron chi connectivity index (χ4n) is 6.36. The summed E-state index contributed by atoms with van der Waals surface area (Å²) < 4.78 is 11.0. The predicted octanol–water partition coefficient (Wildman–Crippen LogP) is 9.10. The van der Waals surface area contributed by atoms with Crippen molar-refractivity contribution >= 4 is 44.2 Å². The van der Waals surface area contributed by atoms with Crippen molar-refractivity contribution in [3.05, 3.63) is 140 Å². The molecule has 0 N–H and O–H groups in total. The average molecular weight is 556 g/mol. The summed E-state index contributed by atoms with van der Waals surface area (Å²) in [6.45, 7) is 0.659. The highest BCUT2D eigenvalue weighted by Gasteiger charge is 2.26. The summed E-state index contributed by atoms with van der Waals surface area (Å²) in [5, 5.41) is 2.35. The molecular weight excluding hydrogens is 530 g/mol. The van der Waals surface area contributed by atoms with Gasteiger partial charge in [-0.05, 0) is 66.7 Å². The van der Waals surface area contributed by atoms with Gasteiger partial charge in [-0.25, -0.2) is 9.97 Å². The molecule has 0 fully saturated rings. The Morgan fingerprint density at radius 1 is 0.605 bits per heavy atom. The highest BCUT2D eigenvalue weighted by molar-refractivity contribution is 6.09. The SMILES string of the molecule is c1ccc(-n2c3ccccc3c3ccc(Oc4cccc(N5Cn6c(nc7ccccc76)-c6ccccc65)c4)cc32)nc1. The maximum absolute atomic E-state index is 6.54. The van der Waals surface area contributed by atoms with Gasteiger partial charge in [0, 0.05) is 40.4 Å². The molecule has 204 valence electrons. The van der Waals surface area contributed by atoms with Gasteiger partial charge in [0.25, 0.3) is 0 Å². The van der Waals surface area contributed by atoms with Crippen molar-refractivity contribution in [1.82, 2.24) is 19.1 Å². The van der Waals surface area contributed by atoms with E-state index in [0.29, 0.717) is 6.67 Å². The third-order valence-corrected chi connectivity index (χ3v) is 8.26. The second-order valence-corrected chi connectivity index (χ2v) is 10.8. The first-order valence-corrected chi connectivity index (χ1v) is 14.4. The van der Waals surface area contributed by atoms with Crippen LogP contribution in [0.15, 0.2) is 140 Å². The minimum absolute atomic E-state index is 0.659. The molecule has 0 aliphatic carbocycles. The molecule has 0 atom stereocenters. The van der Waals surface area contributed by atoms with E-state index >= 15 is 0 Å². The summed E-state index contributed by atoms with van der Waals surface area (Å²) in [6.07, 6.45) is 1.83. The van der Waals surface area contributed by atoms with Gasteiger partial charge in [-0.2, -0.15) is 0 Å². The Bertz CT molecular complexity index is 2320. The van der Waals surface area contributed by atoms with Crippen molar-refractivity contribution in [2.45, 2.75) is 6.67 Å². The molecule has 1 aliphatic heterocycles. The zero-order valence-electron chi connectivity index (χ0n) is 23.1.